The van der Waals surface area contributed by atoms with E-state index in [4.69, 9.17) is 0 Å². The molecule has 0 atom stereocenters. The molecule has 0 spiro atoms. The van der Waals surface area contributed by atoms with E-state index in [-0.39, 0.29) is 16.9 Å². The Balaban J connectivity index is 3.05. The zero-order valence-electron chi connectivity index (χ0n) is 7.26. The van der Waals surface area contributed by atoms with Gasteiger partial charge in [-0.1, -0.05) is 6.92 Å². The number of carbonyl (C=O) groups excluding carboxylic acids is 1. The van der Waals surface area contributed by atoms with Crippen LogP contribution in [0.5, 0.6) is 0 Å². The van der Waals surface area contributed by atoms with E-state index >= 15 is 0 Å². The first-order valence-electron chi connectivity index (χ1n) is 3.96. The fraction of sp³-hybridized carbons (Fsp3) is 0.500. The summed E-state index contributed by atoms with van der Waals surface area (Å²) in [6.45, 7) is 3.99. The van der Waals surface area contributed by atoms with E-state index in [2.05, 4.69) is 5.10 Å². The van der Waals surface area contributed by atoms with Crippen molar-refractivity contribution in [2.75, 3.05) is 0 Å². The van der Waals surface area contributed by atoms with Crippen LogP contribution < -0.4 is 5.56 Å². The molecule has 0 aliphatic carbocycles. The van der Waals surface area contributed by atoms with Gasteiger partial charge in [-0.05, 0) is 13.3 Å². The van der Waals surface area contributed by atoms with Crippen molar-refractivity contribution in [2.24, 2.45) is 0 Å². The summed E-state index contributed by atoms with van der Waals surface area (Å²) in [5, 5.41) is 2.74. The number of hydrogen-bond donors (Lipinski definition) is 1. The first kappa shape index (κ1) is 8.77. The molecule has 0 unspecified atom stereocenters. The molecule has 0 saturated carbocycles. The van der Waals surface area contributed by atoms with Crippen molar-refractivity contribution >= 4 is 5.78 Å². The molecule has 1 heterocycles. The Morgan fingerprint density at radius 2 is 2.33 bits per heavy atom. The predicted molar refractivity (Wildman–Crippen MR) is 45.3 cm³/mol. The van der Waals surface area contributed by atoms with Gasteiger partial charge in [-0.15, -0.1) is 0 Å². The van der Waals surface area contributed by atoms with E-state index in [9.17, 15) is 9.59 Å². The number of H-pyrrole nitrogens is 1. The van der Waals surface area contributed by atoms with Crippen LogP contribution in [0.25, 0.3) is 0 Å². The Labute approximate surface area is 70.2 Å². The second kappa shape index (κ2) is 3.38. The predicted octanol–water partition coefficient (Wildman–Crippen LogP) is 0.789. The third kappa shape index (κ3) is 1.47. The van der Waals surface area contributed by atoms with Gasteiger partial charge in [0.25, 0.3) is 5.56 Å². The number of nitrogens with zero attached hydrogens (tertiary/aromatic N) is 1. The fourth-order valence-corrected chi connectivity index (χ4v) is 1.05. The average molecular weight is 168 g/mol. The average Bonchev–Trinajstić information content (AvgIpc) is 2.34. The van der Waals surface area contributed by atoms with Crippen molar-refractivity contribution in [3.63, 3.8) is 0 Å². The van der Waals surface area contributed by atoms with Gasteiger partial charge in [-0.3, -0.25) is 14.3 Å². The summed E-state index contributed by atoms with van der Waals surface area (Å²) in [6.07, 6.45) is 2.33. The minimum Gasteiger partial charge on any atom is -0.302 e. The lowest BCUT2D eigenvalue weighted by atomic mass is 10.2. The first-order chi connectivity index (χ1) is 5.66. The fourth-order valence-electron chi connectivity index (χ4n) is 1.05. The van der Waals surface area contributed by atoms with Crippen LogP contribution in [0.3, 0.4) is 0 Å². The van der Waals surface area contributed by atoms with Gasteiger partial charge in [0.15, 0.2) is 5.78 Å². The molecule has 66 valence electrons. The van der Waals surface area contributed by atoms with Crippen LogP contribution in [-0.2, 0) is 6.54 Å². The molecule has 0 bridgehead atoms. The highest BCUT2D eigenvalue weighted by atomic mass is 16.2. The quantitative estimate of drug-likeness (QED) is 0.678. The van der Waals surface area contributed by atoms with Crippen molar-refractivity contribution in [3.8, 4) is 0 Å². The maximum atomic E-state index is 11.3. The Bertz CT molecular complexity index is 335. The third-order valence-electron chi connectivity index (χ3n) is 1.67. The van der Waals surface area contributed by atoms with Crippen LogP contribution in [0.2, 0.25) is 0 Å². The minimum absolute atomic E-state index is 0.189. The van der Waals surface area contributed by atoms with E-state index < -0.39 is 0 Å². The molecule has 1 N–H and O–H groups in total. The maximum Gasteiger partial charge on any atom is 0.277 e. The molecule has 12 heavy (non-hydrogen) atoms. The lowest BCUT2D eigenvalue weighted by Gasteiger charge is -1.94. The minimum atomic E-state index is -0.218. The number of aryl methyl sites for hydroxylation is 1. The molecule has 4 heteroatoms. The molecule has 1 aromatic rings. The number of ketones is 1. The number of hydrogen-bond acceptors (Lipinski definition) is 2. The number of aromatic amines is 1. The summed E-state index contributed by atoms with van der Waals surface area (Å²) >= 11 is 0. The van der Waals surface area contributed by atoms with Gasteiger partial charge in [0.05, 0.1) is 0 Å². The standard InChI is InChI=1S/C8H12N2O2/c1-3-4-10-8(12)7(5-9-10)6(2)11/h5,9H,3-4H2,1-2H3. The van der Waals surface area contributed by atoms with Gasteiger partial charge in [0.1, 0.15) is 5.56 Å². The van der Waals surface area contributed by atoms with E-state index in [1.54, 1.807) is 0 Å². The molecule has 4 nitrogen and oxygen atoms in total. The van der Waals surface area contributed by atoms with E-state index in [1.165, 1.54) is 17.8 Å². The highest BCUT2D eigenvalue weighted by molar-refractivity contribution is 5.93. The van der Waals surface area contributed by atoms with Crippen LogP contribution in [0, 0.1) is 0 Å². The lowest BCUT2D eigenvalue weighted by Crippen LogP contribution is -2.20. The number of rotatable bonds is 3. The molecule has 0 aromatic carbocycles. The van der Waals surface area contributed by atoms with Crippen molar-refractivity contribution in [3.05, 3.63) is 22.1 Å². The lowest BCUT2D eigenvalue weighted by molar-refractivity contribution is 0.101. The van der Waals surface area contributed by atoms with E-state index in [1.807, 2.05) is 6.92 Å². The molecule has 1 aromatic heterocycles. The summed E-state index contributed by atoms with van der Waals surface area (Å²) in [4.78, 5) is 22.2. The Morgan fingerprint density at radius 1 is 1.67 bits per heavy atom. The number of Topliss-reactive ketones (excluding diaryl/α,β-unsaturated/α-hetero) is 1. The van der Waals surface area contributed by atoms with Crippen LogP contribution in [0.1, 0.15) is 30.6 Å². The van der Waals surface area contributed by atoms with E-state index in [0.29, 0.717) is 6.54 Å². The monoisotopic (exact) mass is 168 g/mol. The second-order valence-corrected chi connectivity index (χ2v) is 2.70. The van der Waals surface area contributed by atoms with Gasteiger partial charge < -0.3 is 5.10 Å². The molecule has 0 aliphatic heterocycles. The normalized spacial score (nSPS) is 10.2. The molecule has 0 saturated heterocycles. The highest BCUT2D eigenvalue weighted by Crippen LogP contribution is 1.91. The van der Waals surface area contributed by atoms with Gasteiger partial charge >= 0.3 is 0 Å². The largest absolute Gasteiger partial charge is 0.302 e. The summed E-state index contributed by atoms with van der Waals surface area (Å²) in [5.74, 6) is -0.189. The Kier molecular flexibility index (Phi) is 2.47. The SMILES string of the molecule is CCCn1[nH]cc(C(C)=O)c1=O. The first-order valence-corrected chi connectivity index (χ1v) is 3.96. The van der Waals surface area contributed by atoms with Crippen molar-refractivity contribution in [1.29, 1.82) is 0 Å². The Morgan fingerprint density at radius 3 is 2.75 bits per heavy atom. The van der Waals surface area contributed by atoms with Crippen LogP contribution >= 0.6 is 0 Å². The Hall–Kier alpha value is -1.32. The summed E-state index contributed by atoms with van der Waals surface area (Å²) < 4.78 is 1.44. The topological polar surface area (TPSA) is 54.9 Å². The highest BCUT2D eigenvalue weighted by Gasteiger charge is 2.08. The van der Waals surface area contributed by atoms with Gasteiger partial charge in [0, 0.05) is 12.7 Å². The number of carbonyl (C=O) groups is 1. The zero-order valence-corrected chi connectivity index (χ0v) is 7.26. The van der Waals surface area contributed by atoms with Crippen LogP contribution in [-0.4, -0.2) is 15.6 Å². The van der Waals surface area contributed by atoms with Crippen LogP contribution in [0.4, 0.5) is 0 Å². The van der Waals surface area contributed by atoms with Gasteiger partial charge in [0.2, 0.25) is 0 Å². The maximum absolute atomic E-state index is 11.3. The molecule has 0 radical (unpaired) electrons. The number of aromatic nitrogens is 2. The third-order valence-corrected chi connectivity index (χ3v) is 1.67. The van der Waals surface area contributed by atoms with Crippen molar-refractivity contribution in [2.45, 2.75) is 26.8 Å². The van der Waals surface area contributed by atoms with Gasteiger partial charge in [-0.2, -0.15) is 0 Å². The zero-order chi connectivity index (χ0) is 9.14. The summed E-state index contributed by atoms with van der Waals surface area (Å²) in [6, 6.07) is 0. The second-order valence-electron chi connectivity index (χ2n) is 2.70. The van der Waals surface area contributed by atoms with Crippen molar-refractivity contribution < 1.29 is 4.79 Å². The molecule has 1 rings (SSSR count). The molecular formula is C8H12N2O2. The van der Waals surface area contributed by atoms with Crippen molar-refractivity contribution in [1.82, 2.24) is 9.78 Å². The number of nitrogens with one attached hydrogen (secondary N) is 1. The molecule has 0 amide bonds. The molecular weight excluding hydrogens is 156 g/mol. The van der Waals surface area contributed by atoms with Gasteiger partial charge in [-0.25, -0.2) is 0 Å². The molecule has 0 aliphatic rings. The van der Waals surface area contributed by atoms with E-state index in [0.717, 1.165) is 6.42 Å². The molecule has 0 fully saturated rings. The smallest absolute Gasteiger partial charge is 0.277 e. The summed E-state index contributed by atoms with van der Waals surface area (Å²) in [5.41, 5.74) is 0.0211. The summed E-state index contributed by atoms with van der Waals surface area (Å²) in [7, 11) is 0. The van der Waals surface area contributed by atoms with Crippen LogP contribution in [0.15, 0.2) is 11.0 Å².